The first-order valence-electron chi connectivity index (χ1n) is 5.72. The van der Waals surface area contributed by atoms with Gasteiger partial charge in [0.05, 0.1) is 13.0 Å². The number of carboxylic acid groups (broad SMARTS) is 1. The molecule has 0 fully saturated rings. The Morgan fingerprint density at radius 1 is 1.42 bits per heavy atom. The number of halogens is 1. The number of nitrogens with one attached hydrogen (secondary N) is 2. The molecule has 0 aromatic heterocycles. The van der Waals surface area contributed by atoms with E-state index in [2.05, 4.69) is 10.6 Å². The summed E-state index contributed by atoms with van der Waals surface area (Å²) in [5.74, 6) is -1.48. The molecule has 0 atom stereocenters. The second kappa shape index (κ2) is 7.20. The molecule has 1 aromatic rings. The third-order valence-electron chi connectivity index (χ3n) is 2.11. The topological polar surface area (TPSA) is 87.7 Å². The standard InChI is InChI=1S/C12H15FN2O4/c1-2-19-10-4-3-8(7-9(10)13)15-12(18)14-6-5-11(16)17/h3-4,7H,2,5-6H2,1H3,(H,16,17)(H2,14,15,18). The minimum atomic E-state index is -1.01. The lowest BCUT2D eigenvalue weighted by Gasteiger charge is -2.09. The van der Waals surface area contributed by atoms with Gasteiger partial charge in [0.25, 0.3) is 0 Å². The van der Waals surface area contributed by atoms with Gasteiger partial charge in [-0.1, -0.05) is 0 Å². The summed E-state index contributed by atoms with van der Waals surface area (Å²) in [5.41, 5.74) is 0.258. The zero-order valence-electron chi connectivity index (χ0n) is 10.4. The highest BCUT2D eigenvalue weighted by Crippen LogP contribution is 2.20. The first kappa shape index (κ1) is 14.7. The van der Waals surface area contributed by atoms with Gasteiger partial charge in [-0.3, -0.25) is 4.79 Å². The molecule has 7 heteroatoms. The van der Waals surface area contributed by atoms with E-state index in [1.165, 1.54) is 12.1 Å². The lowest BCUT2D eigenvalue weighted by atomic mass is 10.3. The molecule has 0 spiro atoms. The van der Waals surface area contributed by atoms with Crippen molar-refractivity contribution < 1.29 is 23.8 Å². The van der Waals surface area contributed by atoms with Gasteiger partial charge in [0.2, 0.25) is 0 Å². The van der Waals surface area contributed by atoms with E-state index < -0.39 is 17.8 Å². The summed E-state index contributed by atoms with van der Waals surface area (Å²) < 4.78 is 18.5. The van der Waals surface area contributed by atoms with Crippen molar-refractivity contribution in [3.63, 3.8) is 0 Å². The molecule has 0 unspecified atom stereocenters. The molecule has 19 heavy (non-hydrogen) atoms. The summed E-state index contributed by atoms with van der Waals surface area (Å²) in [7, 11) is 0. The van der Waals surface area contributed by atoms with Gasteiger partial charge in [-0.05, 0) is 19.1 Å². The number of carbonyl (C=O) groups is 2. The molecule has 2 amide bonds. The number of carbonyl (C=O) groups excluding carboxylic acids is 1. The molecule has 1 rings (SSSR count). The molecule has 0 heterocycles. The van der Waals surface area contributed by atoms with Crippen molar-refractivity contribution in [2.24, 2.45) is 0 Å². The fourth-order valence-corrected chi connectivity index (χ4v) is 1.31. The summed E-state index contributed by atoms with van der Waals surface area (Å²) in [5, 5.41) is 13.1. The van der Waals surface area contributed by atoms with Crippen molar-refractivity contribution in [2.45, 2.75) is 13.3 Å². The number of aliphatic carboxylic acids is 1. The molecule has 0 aliphatic heterocycles. The van der Waals surface area contributed by atoms with Crippen LogP contribution in [0.15, 0.2) is 18.2 Å². The van der Waals surface area contributed by atoms with Crippen LogP contribution in [0.4, 0.5) is 14.9 Å². The number of ether oxygens (including phenoxy) is 1. The summed E-state index contributed by atoms with van der Waals surface area (Å²) in [6.07, 6.45) is -0.176. The Balaban J connectivity index is 2.50. The molecule has 6 nitrogen and oxygen atoms in total. The van der Waals surface area contributed by atoms with E-state index in [0.717, 1.165) is 6.07 Å². The van der Waals surface area contributed by atoms with Crippen LogP contribution in [0.1, 0.15) is 13.3 Å². The predicted molar refractivity (Wildman–Crippen MR) is 66.8 cm³/mol. The molecular weight excluding hydrogens is 255 g/mol. The van der Waals surface area contributed by atoms with Gasteiger partial charge in [-0.25, -0.2) is 9.18 Å². The highest BCUT2D eigenvalue weighted by atomic mass is 19.1. The number of urea groups is 1. The maximum atomic E-state index is 13.5. The third-order valence-corrected chi connectivity index (χ3v) is 2.11. The first-order chi connectivity index (χ1) is 9.02. The van der Waals surface area contributed by atoms with Crippen molar-refractivity contribution in [1.29, 1.82) is 0 Å². The zero-order chi connectivity index (χ0) is 14.3. The number of carboxylic acids is 1. The van der Waals surface area contributed by atoms with Crippen LogP contribution in [0.5, 0.6) is 5.75 Å². The van der Waals surface area contributed by atoms with Crippen LogP contribution in [0, 0.1) is 5.82 Å². The molecule has 1 aromatic carbocycles. The molecular formula is C12H15FN2O4. The van der Waals surface area contributed by atoms with Crippen molar-refractivity contribution in [1.82, 2.24) is 5.32 Å². The van der Waals surface area contributed by atoms with Crippen LogP contribution in [0.3, 0.4) is 0 Å². The lowest BCUT2D eigenvalue weighted by Crippen LogP contribution is -2.30. The minimum absolute atomic E-state index is 0.000673. The fourth-order valence-electron chi connectivity index (χ4n) is 1.31. The van der Waals surface area contributed by atoms with Gasteiger partial charge in [-0.15, -0.1) is 0 Å². The Kier molecular flexibility index (Phi) is 5.59. The summed E-state index contributed by atoms with van der Waals surface area (Å²) >= 11 is 0. The maximum Gasteiger partial charge on any atom is 0.319 e. The zero-order valence-corrected chi connectivity index (χ0v) is 10.4. The molecule has 0 radical (unpaired) electrons. The summed E-state index contributed by atoms with van der Waals surface area (Å²) in [4.78, 5) is 21.6. The van der Waals surface area contributed by atoms with Crippen LogP contribution in [0.25, 0.3) is 0 Å². The average Bonchev–Trinajstić information content (AvgIpc) is 2.32. The monoisotopic (exact) mass is 270 g/mol. The van der Waals surface area contributed by atoms with Crippen molar-refractivity contribution in [3.8, 4) is 5.75 Å². The van der Waals surface area contributed by atoms with Crippen LogP contribution < -0.4 is 15.4 Å². The van der Waals surface area contributed by atoms with Gasteiger partial charge in [0.1, 0.15) is 0 Å². The molecule has 0 bridgehead atoms. The van der Waals surface area contributed by atoms with Crippen molar-refractivity contribution in [3.05, 3.63) is 24.0 Å². The van der Waals surface area contributed by atoms with E-state index in [9.17, 15) is 14.0 Å². The predicted octanol–water partition coefficient (Wildman–Crippen LogP) is 1.82. The van der Waals surface area contributed by atoms with Gasteiger partial charge >= 0.3 is 12.0 Å². The Labute approximate surface area is 109 Å². The van der Waals surface area contributed by atoms with Crippen molar-refractivity contribution >= 4 is 17.7 Å². The normalized spacial score (nSPS) is 9.79. The SMILES string of the molecule is CCOc1ccc(NC(=O)NCCC(=O)O)cc1F. The maximum absolute atomic E-state index is 13.5. The largest absolute Gasteiger partial charge is 0.491 e. The molecule has 0 aliphatic rings. The lowest BCUT2D eigenvalue weighted by molar-refractivity contribution is -0.136. The smallest absolute Gasteiger partial charge is 0.319 e. The van der Waals surface area contributed by atoms with E-state index in [1.54, 1.807) is 6.92 Å². The Bertz CT molecular complexity index is 465. The Morgan fingerprint density at radius 2 is 2.16 bits per heavy atom. The van der Waals surface area contributed by atoms with E-state index in [-0.39, 0.29) is 24.4 Å². The Morgan fingerprint density at radius 3 is 2.74 bits per heavy atom. The average molecular weight is 270 g/mol. The number of benzene rings is 1. The number of amides is 2. The van der Waals surface area contributed by atoms with Crippen LogP contribution >= 0.6 is 0 Å². The highest BCUT2D eigenvalue weighted by molar-refractivity contribution is 5.89. The number of rotatable bonds is 6. The van der Waals surface area contributed by atoms with E-state index in [0.29, 0.717) is 6.61 Å². The van der Waals surface area contributed by atoms with Gasteiger partial charge in [0.15, 0.2) is 11.6 Å². The minimum Gasteiger partial charge on any atom is -0.491 e. The molecule has 0 aliphatic carbocycles. The quantitative estimate of drug-likeness (QED) is 0.735. The second-order valence-electron chi connectivity index (χ2n) is 3.60. The van der Waals surface area contributed by atoms with Gasteiger partial charge in [0, 0.05) is 18.3 Å². The van der Waals surface area contributed by atoms with Crippen LogP contribution in [-0.4, -0.2) is 30.3 Å². The number of anilines is 1. The highest BCUT2D eigenvalue weighted by Gasteiger charge is 2.07. The van der Waals surface area contributed by atoms with E-state index in [1.807, 2.05) is 0 Å². The van der Waals surface area contributed by atoms with Crippen molar-refractivity contribution in [2.75, 3.05) is 18.5 Å². The first-order valence-corrected chi connectivity index (χ1v) is 5.72. The molecule has 0 saturated heterocycles. The molecule has 3 N–H and O–H groups in total. The number of hydrogen-bond acceptors (Lipinski definition) is 3. The van der Waals surface area contributed by atoms with Gasteiger partial charge < -0.3 is 20.5 Å². The summed E-state index contributed by atoms with van der Waals surface area (Å²) in [6, 6.07) is 3.43. The number of hydrogen-bond donors (Lipinski definition) is 3. The molecule has 0 saturated carbocycles. The van der Waals surface area contributed by atoms with E-state index in [4.69, 9.17) is 9.84 Å². The van der Waals surface area contributed by atoms with Crippen LogP contribution in [-0.2, 0) is 4.79 Å². The second-order valence-corrected chi connectivity index (χ2v) is 3.60. The molecule has 104 valence electrons. The van der Waals surface area contributed by atoms with Gasteiger partial charge in [-0.2, -0.15) is 0 Å². The fraction of sp³-hybridized carbons (Fsp3) is 0.333. The third kappa shape index (κ3) is 5.24. The summed E-state index contributed by atoms with van der Waals surface area (Å²) in [6.45, 7) is 2.08. The van der Waals surface area contributed by atoms with Crippen LogP contribution in [0.2, 0.25) is 0 Å². The Hall–Kier alpha value is -2.31. The van der Waals surface area contributed by atoms with E-state index >= 15 is 0 Å².